The summed E-state index contributed by atoms with van der Waals surface area (Å²) in [6.07, 6.45) is 0. The van der Waals surface area contributed by atoms with Gasteiger partial charge in [-0.15, -0.1) is 0 Å². The van der Waals surface area contributed by atoms with Crippen LogP contribution < -0.4 is 9.64 Å². The van der Waals surface area contributed by atoms with Crippen LogP contribution in [0.15, 0.2) is 48.5 Å². The van der Waals surface area contributed by atoms with Gasteiger partial charge >= 0.3 is 0 Å². The quantitative estimate of drug-likeness (QED) is 0.786. The lowest BCUT2D eigenvalue weighted by atomic mass is 9.84. The molecule has 2 aromatic rings. The molecular weight excluding hydrogens is 293 g/mol. The van der Waals surface area contributed by atoms with Crippen molar-refractivity contribution in [3.05, 3.63) is 59.9 Å². The third kappa shape index (κ3) is 2.93. The molecule has 0 bridgehead atoms. The Labute approximate surface area is 135 Å². The number of amides is 1. The summed E-state index contributed by atoms with van der Waals surface area (Å²) in [4.78, 5) is 14.9. The zero-order valence-corrected chi connectivity index (χ0v) is 13.5. The number of para-hydroxylation sites is 2. The van der Waals surface area contributed by atoms with Crippen molar-refractivity contribution in [1.82, 2.24) is 0 Å². The minimum atomic E-state index is -0.351. The summed E-state index contributed by atoms with van der Waals surface area (Å²) in [5, 5.41) is 0. The van der Waals surface area contributed by atoms with E-state index in [-0.39, 0.29) is 23.2 Å². The van der Waals surface area contributed by atoms with Gasteiger partial charge in [0.05, 0.1) is 11.7 Å². The van der Waals surface area contributed by atoms with E-state index in [0.717, 1.165) is 5.69 Å². The van der Waals surface area contributed by atoms with Crippen molar-refractivity contribution in [2.75, 3.05) is 11.5 Å². The Morgan fingerprint density at radius 3 is 2.43 bits per heavy atom. The summed E-state index contributed by atoms with van der Waals surface area (Å²) in [6, 6.07) is 13.1. The van der Waals surface area contributed by atoms with E-state index < -0.39 is 0 Å². The lowest BCUT2D eigenvalue weighted by Crippen LogP contribution is -2.53. The predicted molar refractivity (Wildman–Crippen MR) is 88.4 cm³/mol. The average molecular weight is 313 g/mol. The number of hydrogen-bond donors (Lipinski definition) is 0. The fourth-order valence-corrected chi connectivity index (χ4v) is 2.81. The summed E-state index contributed by atoms with van der Waals surface area (Å²) in [6.45, 7) is 6.69. The molecule has 23 heavy (non-hydrogen) atoms. The van der Waals surface area contributed by atoms with Crippen LogP contribution in [-0.2, 0) is 0 Å². The number of rotatable bonds is 1. The van der Waals surface area contributed by atoms with Crippen LogP contribution >= 0.6 is 0 Å². The molecule has 1 atom stereocenters. The molecule has 120 valence electrons. The van der Waals surface area contributed by atoms with Gasteiger partial charge in [0, 0.05) is 5.56 Å². The fraction of sp³-hybridized carbons (Fsp3) is 0.316. The van der Waals surface area contributed by atoms with Crippen LogP contribution in [0.4, 0.5) is 10.1 Å². The summed E-state index contributed by atoms with van der Waals surface area (Å²) in [5.74, 6) is 0.209. The van der Waals surface area contributed by atoms with Gasteiger partial charge in [-0.2, -0.15) is 0 Å². The van der Waals surface area contributed by atoms with E-state index >= 15 is 0 Å². The number of benzene rings is 2. The summed E-state index contributed by atoms with van der Waals surface area (Å²) < 4.78 is 19.0. The van der Waals surface area contributed by atoms with Crippen molar-refractivity contribution >= 4 is 11.6 Å². The molecule has 1 unspecified atom stereocenters. The van der Waals surface area contributed by atoms with Crippen LogP contribution in [0.5, 0.6) is 5.75 Å². The molecule has 0 saturated heterocycles. The standard InChI is InChI=1S/C19H20FNO2/c1-19(2,3)17-12-23-16-7-5-4-6-15(16)21(17)18(22)13-8-10-14(20)11-9-13/h4-11,17H,12H2,1-3H3. The van der Waals surface area contributed by atoms with Gasteiger partial charge in [-0.05, 0) is 41.8 Å². The highest BCUT2D eigenvalue weighted by atomic mass is 19.1. The van der Waals surface area contributed by atoms with Gasteiger partial charge in [0.15, 0.2) is 0 Å². The first-order valence-electron chi connectivity index (χ1n) is 7.69. The van der Waals surface area contributed by atoms with Crippen molar-refractivity contribution in [3.8, 4) is 5.75 Å². The molecule has 2 aromatic carbocycles. The zero-order valence-electron chi connectivity index (χ0n) is 13.5. The highest BCUT2D eigenvalue weighted by Gasteiger charge is 2.39. The van der Waals surface area contributed by atoms with Gasteiger partial charge in [0.2, 0.25) is 0 Å². The molecule has 0 spiro atoms. The molecule has 0 N–H and O–H groups in total. The average Bonchev–Trinajstić information content (AvgIpc) is 2.53. The Bertz CT molecular complexity index is 719. The maximum Gasteiger partial charge on any atom is 0.258 e. The van der Waals surface area contributed by atoms with Crippen molar-refractivity contribution in [2.24, 2.45) is 5.41 Å². The lowest BCUT2D eigenvalue weighted by molar-refractivity contribution is 0.0911. The normalized spacial score (nSPS) is 17.4. The maximum atomic E-state index is 13.2. The van der Waals surface area contributed by atoms with Crippen molar-refractivity contribution in [1.29, 1.82) is 0 Å². The van der Waals surface area contributed by atoms with Crippen LogP contribution in [0.2, 0.25) is 0 Å². The van der Waals surface area contributed by atoms with Crippen molar-refractivity contribution in [3.63, 3.8) is 0 Å². The van der Waals surface area contributed by atoms with Gasteiger partial charge in [-0.3, -0.25) is 9.69 Å². The zero-order chi connectivity index (χ0) is 16.6. The summed E-state index contributed by atoms with van der Waals surface area (Å²) in [5.41, 5.74) is 1.08. The number of halogens is 1. The summed E-state index contributed by atoms with van der Waals surface area (Å²) >= 11 is 0. The van der Waals surface area contributed by atoms with Gasteiger partial charge in [-0.1, -0.05) is 32.9 Å². The van der Waals surface area contributed by atoms with E-state index in [1.165, 1.54) is 24.3 Å². The number of fused-ring (bicyclic) bond motifs is 1. The number of carbonyl (C=O) groups is 1. The number of hydrogen-bond acceptors (Lipinski definition) is 2. The predicted octanol–water partition coefficient (Wildman–Crippen LogP) is 4.28. The number of anilines is 1. The van der Waals surface area contributed by atoms with E-state index in [1.807, 2.05) is 24.3 Å². The first kappa shape index (κ1) is 15.5. The van der Waals surface area contributed by atoms with Gasteiger partial charge in [0.25, 0.3) is 5.91 Å². The molecule has 4 heteroatoms. The minimum Gasteiger partial charge on any atom is -0.489 e. The molecule has 0 aromatic heterocycles. The molecule has 1 aliphatic rings. The first-order chi connectivity index (χ1) is 10.9. The SMILES string of the molecule is CC(C)(C)C1COc2ccccc2N1C(=O)c1ccc(F)cc1. The highest BCUT2D eigenvalue weighted by molar-refractivity contribution is 6.07. The minimum absolute atomic E-state index is 0.102. The smallest absolute Gasteiger partial charge is 0.258 e. The Hall–Kier alpha value is -2.36. The largest absolute Gasteiger partial charge is 0.489 e. The topological polar surface area (TPSA) is 29.5 Å². The molecule has 0 fully saturated rings. The monoisotopic (exact) mass is 313 g/mol. The van der Waals surface area contributed by atoms with Crippen LogP contribution in [0.3, 0.4) is 0 Å². The van der Waals surface area contributed by atoms with Gasteiger partial charge < -0.3 is 4.74 Å². The molecule has 0 radical (unpaired) electrons. The number of nitrogens with zero attached hydrogens (tertiary/aromatic N) is 1. The number of carbonyl (C=O) groups excluding carboxylic acids is 1. The van der Waals surface area contributed by atoms with E-state index in [0.29, 0.717) is 17.9 Å². The van der Waals surface area contributed by atoms with Crippen LogP contribution in [-0.4, -0.2) is 18.6 Å². The molecular formula is C19H20FNO2. The van der Waals surface area contributed by atoms with Crippen molar-refractivity contribution < 1.29 is 13.9 Å². The Morgan fingerprint density at radius 1 is 1.13 bits per heavy atom. The Balaban J connectivity index is 2.07. The number of ether oxygens (including phenoxy) is 1. The van der Waals surface area contributed by atoms with E-state index in [4.69, 9.17) is 4.74 Å². The molecule has 1 aliphatic heterocycles. The van der Waals surface area contributed by atoms with Crippen molar-refractivity contribution in [2.45, 2.75) is 26.8 Å². The second kappa shape index (κ2) is 5.69. The molecule has 1 amide bonds. The maximum absolute atomic E-state index is 13.2. The molecule has 1 heterocycles. The molecule has 3 nitrogen and oxygen atoms in total. The van der Waals surface area contributed by atoms with E-state index in [1.54, 1.807) is 4.90 Å². The Kier molecular flexibility index (Phi) is 3.84. The summed E-state index contributed by atoms with van der Waals surface area (Å²) in [7, 11) is 0. The third-order valence-corrected chi connectivity index (χ3v) is 4.14. The fourth-order valence-electron chi connectivity index (χ4n) is 2.81. The van der Waals surface area contributed by atoms with E-state index in [2.05, 4.69) is 20.8 Å². The highest BCUT2D eigenvalue weighted by Crippen LogP contribution is 2.39. The molecule has 3 rings (SSSR count). The first-order valence-corrected chi connectivity index (χ1v) is 7.69. The lowest BCUT2D eigenvalue weighted by Gasteiger charge is -2.43. The van der Waals surface area contributed by atoms with E-state index in [9.17, 15) is 9.18 Å². The second-order valence-electron chi connectivity index (χ2n) is 6.84. The van der Waals surface area contributed by atoms with Crippen LogP contribution in [0.25, 0.3) is 0 Å². The van der Waals surface area contributed by atoms with Gasteiger partial charge in [-0.25, -0.2) is 4.39 Å². The van der Waals surface area contributed by atoms with Gasteiger partial charge in [0.1, 0.15) is 18.2 Å². The second-order valence-corrected chi connectivity index (χ2v) is 6.84. The third-order valence-electron chi connectivity index (χ3n) is 4.14. The van der Waals surface area contributed by atoms with Crippen LogP contribution in [0, 0.1) is 11.2 Å². The molecule has 0 aliphatic carbocycles. The van der Waals surface area contributed by atoms with Crippen LogP contribution in [0.1, 0.15) is 31.1 Å². The molecule has 0 saturated carbocycles. The Morgan fingerprint density at radius 2 is 1.78 bits per heavy atom.